The second kappa shape index (κ2) is 9.19. The lowest BCUT2D eigenvalue weighted by atomic mass is 10.1. The molecule has 2 N–H and O–H groups in total. The van der Waals surface area contributed by atoms with Gasteiger partial charge < -0.3 is 19.9 Å². The van der Waals surface area contributed by atoms with Crippen LogP contribution in [0.2, 0.25) is 0 Å². The quantitative estimate of drug-likeness (QED) is 0.675. The van der Waals surface area contributed by atoms with Crippen LogP contribution in [0.15, 0.2) is 18.2 Å². The highest BCUT2D eigenvalue weighted by molar-refractivity contribution is 7.99. The minimum Gasteiger partial charge on any atom is -0.497 e. The van der Waals surface area contributed by atoms with Crippen molar-refractivity contribution in [1.82, 2.24) is 5.32 Å². The zero-order chi connectivity index (χ0) is 16.5. The molecular formula is C15H21NO5S. The number of methoxy groups -OCH3 is 1. The number of hydrogen-bond donors (Lipinski definition) is 2. The number of carbonyl (C=O) groups is 2. The lowest BCUT2D eigenvalue weighted by Gasteiger charge is -2.15. The summed E-state index contributed by atoms with van der Waals surface area (Å²) in [6.45, 7) is 4.15. The van der Waals surface area contributed by atoms with Gasteiger partial charge in [-0.2, -0.15) is 0 Å². The van der Waals surface area contributed by atoms with E-state index in [0.29, 0.717) is 29.4 Å². The average molecular weight is 327 g/mol. The van der Waals surface area contributed by atoms with Crippen LogP contribution in [0, 0.1) is 0 Å². The van der Waals surface area contributed by atoms with Gasteiger partial charge in [0.2, 0.25) is 0 Å². The van der Waals surface area contributed by atoms with Crippen molar-refractivity contribution in [1.29, 1.82) is 0 Å². The van der Waals surface area contributed by atoms with Crippen LogP contribution in [-0.4, -0.2) is 48.2 Å². The van der Waals surface area contributed by atoms with Gasteiger partial charge in [-0.25, -0.2) is 0 Å². The number of carbonyl (C=O) groups excluding carboxylic acids is 1. The summed E-state index contributed by atoms with van der Waals surface area (Å²) in [7, 11) is 1.55. The first-order valence-corrected chi connectivity index (χ1v) is 8.02. The molecule has 0 bridgehead atoms. The number of nitrogens with one attached hydrogen (secondary N) is 1. The number of benzene rings is 1. The first-order chi connectivity index (χ1) is 10.4. The van der Waals surface area contributed by atoms with Crippen LogP contribution in [-0.2, 0) is 4.79 Å². The zero-order valence-corrected chi connectivity index (χ0v) is 13.7. The van der Waals surface area contributed by atoms with Crippen LogP contribution in [0.1, 0.15) is 24.2 Å². The maximum atomic E-state index is 12.2. The molecule has 0 aliphatic rings. The summed E-state index contributed by atoms with van der Waals surface area (Å²) in [4.78, 5) is 22.6. The molecule has 1 rings (SSSR count). The van der Waals surface area contributed by atoms with Crippen LogP contribution in [0.4, 0.5) is 0 Å². The predicted molar refractivity (Wildman–Crippen MR) is 86.1 cm³/mol. The van der Waals surface area contributed by atoms with Crippen LogP contribution < -0.4 is 14.8 Å². The number of aliphatic carboxylic acids is 1. The number of carboxylic acid groups (broad SMARTS) is 1. The molecule has 0 unspecified atom stereocenters. The Morgan fingerprint density at radius 3 is 2.68 bits per heavy atom. The van der Waals surface area contributed by atoms with Gasteiger partial charge in [-0.15, -0.1) is 11.8 Å². The maximum absolute atomic E-state index is 12.2. The monoisotopic (exact) mass is 327 g/mol. The lowest BCUT2D eigenvalue weighted by Crippen LogP contribution is -2.27. The van der Waals surface area contributed by atoms with E-state index in [0.717, 1.165) is 0 Å². The Bertz CT molecular complexity index is 519. The number of thioether (sulfide) groups is 1. The molecule has 1 aromatic carbocycles. The molecule has 0 aromatic heterocycles. The molecule has 0 saturated carbocycles. The normalized spacial score (nSPS) is 10.4. The molecule has 0 spiro atoms. The Labute approximate surface area is 134 Å². The highest BCUT2D eigenvalue weighted by Gasteiger charge is 2.14. The van der Waals surface area contributed by atoms with Crippen molar-refractivity contribution in [2.75, 3.05) is 25.2 Å². The van der Waals surface area contributed by atoms with Crippen molar-refractivity contribution in [2.24, 2.45) is 0 Å². The van der Waals surface area contributed by atoms with Crippen LogP contribution in [0.3, 0.4) is 0 Å². The summed E-state index contributed by atoms with van der Waals surface area (Å²) in [5.41, 5.74) is 0.428. The summed E-state index contributed by atoms with van der Waals surface area (Å²) in [6, 6.07) is 5.02. The minimum absolute atomic E-state index is 0.0279. The molecule has 0 saturated heterocycles. The summed E-state index contributed by atoms with van der Waals surface area (Å²) < 4.78 is 10.8. The van der Waals surface area contributed by atoms with E-state index >= 15 is 0 Å². The van der Waals surface area contributed by atoms with Crippen molar-refractivity contribution in [3.05, 3.63) is 23.8 Å². The van der Waals surface area contributed by atoms with E-state index in [-0.39, 0.29) is 17.8 Å². The van der Waals surface area contributed by atoms with E-state index in [4.69, 9.17) is 14.6 Å². The van der Waals surface area contributed by atoms with Crippen molar-refractivity contribution in [3.8, 4) is 11.5 Å². The van der Waals surface area contributed by atoms with Gasteiger partial charge in [0.15, 0.2) is 0 Å². The molecule has 0 heterocycles. The molecule has 0 aliphatic heterocycles. The second-order valence-corrected chi connectivity index (χ2v) is 5.84. The van der Waals surface area contributed by atoms with Crippen LogP contribution >= 0.6 is 11.8 Å². The van der Waals surface area contributed by atoms with Gasteiger partial charge in [0.05, 0.1) is 24.5 Å². The molecule has 0 radical (unpaired) electrons. The zero-order valence-electron chi connectivity index (χ0n) is 12.9. The van der Waals surface area contributed by atoms with E-state index in [1.165, 1.54) is 11.8 Å². The van der Waals surface area contributed by atoms with E-state index < -0.39 is 5.97 Å². The molecule has 7 heteroatoms. The fourth-order valence-electron chi connectivity index (χ4n) is 1.66. The van der Waals surface area contributed by atoms with E-state index in [1.54, 1.807) is 25.3 Å². The smallest absolute Gasteiger partial charge is 0.313 e. The number of carboxylic acids is 1. The van der Waals surface area contributed by atoms with Crippen molar-refractivity contribution in [2.45, 2.75) is 20.0 Å². The Balaban J connectivity index is 2.65. The van der Waals surface area contributed by atoms with Gasteiger partial charge in [-0.05, 0) is 26.0 Å². The minimum atomic E-state index is -0.862. The summed E-state index contributed by atoms with van der Waals surface area (Å²) >= 11 is 1.25. The van der Waals surface area contributed by atoms with Gasteiger partial charge >= 0.3 is 5.97 Å². The van der Waals surface area contributed by atoms with E-state index in [2.05, 4.69) is 5.32 Å². The third-order valence-electron chi connectivity index (χ3n) is 2.55. The third-order valence-corrected chi connectivity index (χ3v) is 3.50. The van der Waals surface area contributed by atoms with Gasteiger partial charge in [0.1, 0.15) is 11.5 Å². The van der Waals surface area contributed by atoms with Gasteiger partial charge in [0.25, 0.3) is 5.91 Å². The van der Waals surface area contributed by atoms with Crippen LogP contribution in [0.25, 0.3) is 0 Å². The number of ether oxygens (including phenoxy) is 2. The molecule has 1 amide bonds. The highest BCUT2D eigenvalue weighted by Crippen LogP contribution is 2.25. The molecule has 0 atom stereocenters. The number of rotatable bonds is 9. The molecular weight excluding hydrogens is 306 g/mol. The van der Waals surface area contributed by atoms with E-state index in [1.807, 2.05) is 13.8 Å². The summed E-state index contributed by atoms with van der Waals surface area (Å²) in [5, 5.41) is 11.3. The second-order valence-electron chi connectivity index (χ2n) is 4.73. The van der Waals surface area contributed by atoms with Crippen molar-refractivity contribution in [3.63, 3.8) is 0 Å². The Kier molecular flexibility index (Phi) is 7.59. The molecule has 0 aliphatic carbocycles. The molecule has 22 heavy (non-hydrogen) atoms. The lowest BCUT2D eigenvalue weighted by molar-refractivity contribution is -0.133. The van der Waals surface area contributed by atoms with Gasteiger partial charge in [0, 0.05) is 18.4 Å². The topological polar surface area (TPSA) is 84.9 Å². The number of hydrogen-bond acceptors (Lipinski definition) is 5. The Morgan fingerprint density at radius 1 is 1.36 bits per heavy atom. The average Bonchev–Trinajstić information content (AvgIpc) is 2.45. The largest absolute Gasteiger partial charge is 0.497 e. The summed E-state index contributed by atoms with van der Waals surface area (Å²) in [6.07, 6.45) is -0.0650. The van der Waals surface area contributed by atoms with E-state index in [9.17, 15) is 9.59 Å². The molecule has 1 aromatic rings. The first-order valence-electron chi connectivity index (χ1n) is 6.86. The van der Waals surface area contributed by atoms with Gasteiger partial charge in [-0.1, -0.05) is 0 Å². The number of amides is 1. The fraction of sp³-hybridized carbons (Fsp3) is 0.467. The molecule has 6 nitrogen and oxygen atoms in total. The first kappa shape index (κ1) is 18.2. The van der Waals surface area contributed by atoms with Crippen LogP contribution in [0.5, 0.6) is 11.5 Å². The Morgan fingerprint density at radius 2 is 2.09 bits per heavy atom. The summed E-state index contributed by atoms with van der Waals surface area (Å²) in [5.74, 6) is 0.525. The SMILES string of the molecule is COc1ccc(C(=O)NCCSCC(=O)O)c(OC(C)C)c1. The predicted octanol–water partition coefficient (Wildman–Crippen LogP) is 2.03. The molecule has 0 fully saturated rings. The highest BCUT2D eigenvalue weighted by atomic mass is 32.2. The van der Waals surface area contributed by atoms with Crippen molar-refractivity contribution >= 4 is 23.6 Å². The fourth-order valence-corrected chi connectivity index (χ4v) is 2.23. The van der Waals surface area contributed by atoms with Gasteiger partial charge in [-0.3, -0.25) is 9.59 Å². The maximum Gasteiger partial charge on any atom is 0.313 e. The standard InChI is InChI=1S/C15H21NO5S/c1-10(2)21-13-8-11(20-3)4-5-12(13)15(19)16-6-7-22-9-14(17)18/h4-5,8,10H,6-7,9H2,1-3H3,(H,16,19)(H,17,18). The molecule has 122 valence electrons. The van der Waals surface area contributed by atoms with Crippen molar-refractivity contribution < 1.29 is 24.2 Å². The third kappa shape index (κ3) is 6.26. The Hall–Kier alpha value is -1.89.